The van der Waals surface area contributed by atoms with E-state index >= 15 is 0 Å². The first-order valence-electron chi connectivity index (χ1n) is 8.54. The zero-order valence-corrected chi connectivity index (χ0v) is 14.7. The van der Waals surface area contributed by atoms with E-state index in [1.165, 1.54) is 0 Å². The third-order valence-corrected chi connectivity index (χ3v) is 5.03. The van der Waals surface area contributed by atoms with Crippen LogP contribution in [0.2, 0.25) is 5.28 Å². The van der Waals surface area contributed by atoms with Gasteiger partial charge >= 0.3 is 0 Å². The summed E-state index contributed by atoms with van der Waals surface area (Å²) in [6.45, 7) is 0. The summed E-state index contributed by atoms with van der Waals surface area (Å²) >= 11 is 6.19. The molecule has 0 radical (unpaired) electrons. The lowest BCUT2D eigenvalue weighted by Crippen LogP contribution is -1.89. The molecular weight excluding hydrogens is 360 g/mol. The smallest absolute Gasteiger partial charge is 0.232 e. The van der Waals surface area contributed by atoms with Crippen LogP contribution in [0.25, 0.3) is 55.3 Å². The Bertz CT molecular complexity index is 1500. The summed E-state index contributed by atoms with van der Waals surface area (Å²) < 4.78 is 11.8. The van der Waals surface area contributed by atoms with Gasteiger partial charge in [0, 0.05) is 21.7 Å². The number of rotatable bonds is 1. The predicted molar refractivity (Wildman–Crippen MR) is 107 cm³/mol. The highest BCUT2D eigenvalue weighted by molar-refractivity contribution is 6.29. The van der Waals surface area contributed by atoms with Crippen LogP contribution < -0.4 is 0 Å². The first-order valence-corrected chi connectivity index (χ1v) is 8.92. The average Bonchev–Trinajstić information content (AvgIpc) is 3.24. The van der Waals surface area contributed by atoms with Crippen molar-refractivity contribution in [3.63, 3.8) is 0 Å². The Morgan fingerprint density at radius 2 is 1.37 bits per heavy atom. The second kappa shape index (κ2) is 5.32. The number of para-hydroxylation sites is 2. The lowest BCUT2D eigenvalue weighted by atomic mass is 10.0. The Morgan fingerprint density at radius 3 is 2.22 bits per heavy atom. The zero-order chi connectivity index (χ0) is 18.0. The zero-order valence-electron chi connectivity index (χ0n) is 13.9. The van der Waals surface area contributed by atoms with Gasteiger partial charge in [0.15, 0.2) is 0 Å². The number of hydrogen-bond donors (Lipinski definition) is 0. The van der Waals surface area contributed by atoms with E-state index in [1.807, 2.05) is 54.6 Å². The van der Waals surface area contributed by atoms with Crippen molar-refractivity contribution < 1.29 is 8.83 Å². The van der Waals surface area contributed by atoms with Crippen molar-refractivity contribution in [2.45, 2.75) is 0 Å². The molecule has 6 aromatic rings. The molecule has 6 rings (SSSR count). The fraction of sp³-hybridized carbons (Fsp3) is 0. The van der Waals surface area contributed by atoms with Gasteiger partial charge in [-0.2, -0.15) is 4.98 Å². The number of benzene rings is 3. The summed E-state index contributed by atoms with van der Waals surface area (Å²) in [5.41, 5.74) is 4.65. The molecule has 0 bridgehead atoms. The lowest BCUT2D eigenvalue weighted by Gasteiger charge is -2.03. The molecular formula is C22H11ClN2O2. The minimum atomic E-state index is 0.161. The van der Waals surface area contributed by atoms with Crippen molar-refractivity contribution in [2.24, 2.45) is 0 Å². The molecule has 0 unspecified atom stereocenters. The van der Waals surface area contributed by atoms with Gasteiger partial charge in [0.25, 0.3) is 0 Å². The number of nitrogens with zero attached hydrogens (tertiary/aromatic N) is 2. The van der Waals surface area contributed by atoms with E-state index in [4.69, 9.17) is 20.4 Å². The van der Waals surface area contributed by atoms with Crippen molar-refractivity contribution in [3.8, 4) is 11.3 Å². The molecule has 5 heteroatoms. The van der Waals surface area contributed by atoms with Gasteiger partial charge in [-0.25, -0.2) is 4.98 Å². The van der Waals surface area contributed by atoms with Crippen LogP contribution in [-0.4, -0.2) is 9.97 Å². The molecule has 0 saturated heterocycles. The second-order valence-corrected chi connectivity index (χ2v) is 6.77. The molecule has 0 atom stereocenters. The number of hydrogen-bond acceptors (Lipinski definition) is 4. The molecule has 0 aliphatic rings. The topological polar surface area (TPSA) is 52.1 Å². The maximum absolute atomic E-state index is 6.19. The Balaban J connectivity index is 1.73. The van der Waals surface area contributed by atoms with Crippen LogP contribution in [0.3, 0.4) is 0 Å². The Kier molecular flexibility index (Phi) is 2.91. The van der Waals surface area contributed by atoms with Crippen molar-refractivity contribution in [1.82, 2.24) is 9.97 Å². The van der Waals surface area contributed by atoms with E-state index in [1.54, 1.807) is 0 Å². The molecule has 27 heavy (non-hydrogen) atoms. The van der Waals surface area contributed by atoms with Crippen LogP contribution in [0.5, 0.6) is 0 Å². The van der Waals surface area contributed by atoms with E-state index < -0.39 is 0 Å². The number of halogens is 1. The Labute approximate surface area is 158 Å². The highest BCUT2D eigenvalue weighted by Crippen LogP contribution is 2.37. The summed E-state index contributed by atoms with van der Waals surface area (Å²) in [4.78, 5) is 8.80. The van der Waals surface area contributed by atoms with Gasteiger partial charge in [-0.05, 0) is 41.9 Å². The van der Waals surface area contributed by atoms with Gasteiger partial charge in [0.2, 0.25) is 11.0 Å². The van der Waals surface area contributed by atoms with Crippen LogP contribution in [0.1, 0.15) is 0 Å². The van der Waals surface area contributed by atoms with Gasteiger partial charge in [-0.3, -0.25) is 0 Å². The lowest BCUT2D eigenvalue weighted by molar-refractivity contribution is 0.653. The standard InChI is InChI=1S/C22H11ClN2O2/c23-22-24-20(19-14-6-2-4-8-17(14)27-21(19)25-22)12-9-10-18-15(11-12)13-5-1-3-7-16(13)26-18/h1-11H. The second-order valence-electron chi connectivity index (χ2n) is 6.43. The number of furan rings is 2. The van der Waals surface area contributed by atoms with E-state index in [9.17, 15) is 0 Å². The monoisotopic (exact) mass is 370 g/mol. The van der Waals surface area contributed by atoms with Crippen LogP contribution in [-0.2, 0) is 0 Å². The molecule has 0 fully saturated rings. The van der Waals surface area contributed by atoms with Crippen LogP contribution in [0.15, 0.2) is 75.6 Å². The third kappa shape index (κ3) is 2.11. The molecule has 3 heterocycles. The van der Waals surface area contributed by atoms with Crippen molar-refractivity contribution >= 4 is 55.6 Å². The van der Waals surface area contributed by atoms with E-state index in [-0.39, 0.29) is 5.28 Å². The summed E-state index contributed by atoms with van der Waals surface area (Å²) in [7, 11) is 0. The molecule has 4 nitrogen and oxygen atoms in total. The van der Waals surface area contributed by atoms with Gasteiger partial charge in [-0.15, -0.1) is 0 Å². The number of aromatic nitrogens is 2. The van der Waals surface area contributed by atoms with Gasteiger partial charge in [0.1, 0.15) is 16.7 Å². The van der Waals surface area contributed by atoms with Crippen molar-refractivity contribution in [3.05, 3.63) is 72.0 Å². The Morgan fingerprint density at radius 1 is 0.667 bits per heavy atom. The highest BCUT2D eigenvalue weighted by atomic mass is 35.5. The molecule has 0 aliphatic heterocycles. The molecule has 128 valence electrons. The third-order valence-electron chi connectivity index (χ3n) is 4.86. The van der Waals surface area contributed by atoms with Crippen molar-refractivity contribution in [1.29, 1.82) is 0 Å². The summed E-state index contributed by atoms with van der Waals surface area (Å²) in [5, 5.41) is 4.11. The molecule has 0 spiro atoms. The summed E-state index contributed by atoms with van der Waals surface area (Å²) in [6, 6.07) is 21.9. The molecule has 3 aromatic heterocycles. The number of fused-ring (bicyclic) bond motifs is 6. The summed E-state index contributed by atoms with van der Waals surface area (Å²) in [5.74, 6) is 0. The van der Waals surface area contributed by atoms with E-state index in [0.29, 0.717) is 5.71 Å². The Hall–Kier alpha value is -3.37. The maximum atomic E-state index is 6.19. The van der Waals surface area contributed by atoms with E-state index in [2.05, 4.69) is 22.1 Å². The minimum absolute atomic E-state index is 0.161. The van der Waals surface area contributed by atoms with Gasteiger partial charge in [-0.1, -0.05) is 36.4 Å². The fourth-order valence-electron chi connectivity index (χ4n) is 3.68. The molecule has 3 aromatic carbocycles. The highest BCUT2D eigenvalue weighted by Gasteiger charge is 2.17. The molecule has 0 amide bonds. The van der Waals surface area contributed by atoms with Gasteiger partial charge < -0.3 is 8.83 Å². The van der Waals surface area contributed by atoms with Crippen molar-refractivity contribution in [2.75, 3.05) is 0 Å². The van der Waals surface area contributed by atoms with Crippen LogP contribution in [0, 0.1) is 0 Å². The molecule has 0 N–H and O–H groups in total. The normalized spacial score (nSPS) is 11.9. The SMILES string of the molecule is Clc1nc(-c2ccc3oc4ccccc4c3c2)c2c(n1)oc1ccccc12. The van der Waals surface area contributed by atoms with E-state index in [0.717, 1.165) is 49.6 Å². The predicted octanol–water partition coefficient (Wildman–Crippen LogP) is 6.60. The fourth-order valence-corrected chi connectivity index (χ4v) is 3.84. The van der Waals surface area contributed by atoms with Crippen LogP contribution in [0.4, 0.5) is 0 Å². The molecule has 0 saturated carbocycles. The minimum Gasteiger partial charge on any atom is -0.456 e. The average molecular weight is 371 g/mol. The maximum Gasteiger partial charge on any atom is 0.232 e. The largest absolute Gasteiger partial charge is 0.456 e. The summed E-state index contributed by atoms with van der Waals surface area (Å²) in [6.07, 6.45) is 0. The quantitative estimate of drug-likeness (QED) is 0.306. The van der Waals surface area contributed by atoms with Gasteiger partial charge in [0.05, 0.1) is 11.1 Å². The first kappa shape index (κ1) is 14.8. The first-order chi connectivity index (χ1) is 13.3. The molecule has 0 aliphatic carbocycles. The van der Waals surface area contributed by atoms with Crippen LogP contribution >= 0.6 is 11.6 Å².